The molecule has 0 saturated carbocycles. The van der Waals surface area contributed by atoms with Crippen molar-refractivity contribution in [3.05, 3.63) is 0 Å². The fourth-order valence-electron chi connectivity index (χ4n) is 2.66. The lowest BCUT2D eigenvalue weighted by molar-refractivity contribution is 0.0281. The third-order valence-corrected chi connectivity index (χ3v) is 3.25. The van der Waals surface area contributed by atoms with E-state index in [1.807, 2.05) is 25.7 Å². The average molecular weight is 226 g/mol. The van der Waals surface area contributed by atoms with Crippen LogP contribution in [0.1, 0.15) is 34.1 Å². The molecule has 0 radical (unpaired) electrons. The molecule has 2 fully saturated rings. The van der Waals surface area contributed by atoms with Crippen molar-refractivity contribution in [2.45, 2.75) is 51.8 Å². The maximum absolute atomic E-state index is 11.8. The van der Waals surface area contributed by atoms with Crippen LogP contribution in [0.3, 0.4) is 0 Å². The first-order valence-corrected chi connectivity index (χ1v) is 6.09. The monoisotopic (exact) mass is 226 g/mol. The summed E-state index contributed by atoms with van der Waals surface area (Å²) < 4.78 is 5.37. The minimum Gasteiger partial charge on any atom is -0.444 e. The molecule has 2 heterocycles. The molecule has 2 aliphatic rings. The predicted octanol–water partition coefficient (Wildman–Crippen LogP) is 1.60. The van der Waals surface area contributed by atoms with E-state index in [9.17, 15) is 4.79 Å². The van der Waals surface area contributed by atoms with Crippen molar-refractivity contribution < 1.29 is 9.53 Å². The van der Waals surface area contributed by atoms with Gasteiger partial charge in [0.15, 0.2) is 0 Å². The van der Waals surface area contributed by atoms with Gasteiger partial charge in [0.05, 0.1) is 0 Å². The van der Waals surface area contributed by atoms with Crippen LogP contribution in [0.2, 0.25) is 0 Å². The molecule has 2 saturated heterocycles. The zero-order valence-corrected chi connectivity index (χ0v) is 10.6. The van der Waals surface area contributed by atoms with E-state index >= 15 is 0 Å². The van der Waals surface area contributed by atoms with E-state index in [0.717, 1.165) is 13.1 Å². The Hall–Kier alpha value is -0.770. The van der Waals surface area contributed by atoms with Gasteiger partial charge < -0.3 is 15.0 Å². The number of carbonyl (C=O) groups excluding carboxylic acids is 1. The molecule has 0 unspecified atom stereocenters. The molecular formula is C12H22N2O2. The summed E-state index contributed by atoms with van der Waals surface area (Å²) in [5, 5.41) is 3.51. The number of rotatable bonds is 0. The summed E-state index contributed by atoms with van der Waals surface area (Å²) in [7, 11) is 0. The topological polar surface area (TPSA) is 41.6 Å². The Labute approximate surface area is 97.3 Å². The van der Waals surface area contributed by atoms with Gasteiger partial charge in [-0.15, -0.1) is 0 Å². The molecule has 0 bridgehead atoms. The van der Waals surface area contributed by atoms with Gasteiger partial charge in [-0.1, -0.05) is 0 Å². The molecule has 4 heteroatoms. The predicted molar refractivity (Wildman–Crippen MR) is 62.3 cm³/mol. The SMILES string of the molecule is C[C@H]1C[C@@H]2CN(C(=O)OC(C)(C)C)C[C@@H]2N1. The Morgan fingerprint density at radius 3 is 2.62 bits per heavy atom. The lowest BCUT2D eigenvalue weighted by Crippen LogP contribution is -2.39. The number of carbonyl (C=O) groups is 1. The summed E-state index contributed by atoms with van der Waals surface area (Å²) in [5.41, 5.74) is -0.393. The first-order valence-electron chi connectivity index (χ1n) is 6.09. The number of nitrogens with zero attached hydrogens (tertiary/aromatic N) is 1. The zero-order valence-electron chi connectivity index (χ0n) is 10.6. The second-order valence-corrected chi connectivity index (χ2v) is 6.06. The van der Waals surface area contributed by atoms with Crippen molar-refractivity contribution in [1.82, 2.24) is 10.2 Å². The number of nitrogens with one attached hydrogen (secondary N) is 1. The molecule has 0 aliphatic carbocycles. The highest BCUT2D eigenvalue weighted by atomic mass is 16.6. The molecule has 4 nitrogen and oxygen atoms in total. The van der Waals surface area contributed by atoms with E-state index in [-0.39, 0.29) is 6.09 Å². The highest BCUT2D eigenvalue weighted by molar-refractivity contribution is 5.68. The summed E-state index contributed by atoms with van der Waals surface area (Å²) in [5.74, 6) is 0.613. The minimum absolute atomic E-state index is 0.170. The fourth-order valence-corrected chi connectivity index (χ4v) is 2.66. The van der Waals surface area contributed by atoms with E-state index in [1.165, 1.54) is 6.42 Å². The van der Waals surface area contributed by atoms with E-state index in [4.69, 9.17) is 4.74 Å². The molecule has 92 valence electrons. The first-order chi connectivity index (χ1) is 7.35. The van der Waals surface area contributed by atoms with Crippen molar-refractivity contribution in [1.29, 1.82) is 0 Å². The second-order valence-electron chi connectivity index (χ2n) is 6.06. The smallest absolute Gasteiger partial charge is 0.410 e. The van der Waals surface area contributed by atoms with Gasteiger partial charge in [-0.2, -0.15) is 0 Å². The molecule has 0 aromatic carbocycles. The van der Waals surface area contributed by atoms with Gasteiger partial charge in [-0.05, 0) is 40.0 Å². The largest absolute Gasteiger partial charge is 0.444 e. The molecule has 0 aromatic rings. The maximum Gasteiger partial charge on any atom is 0.410 e. The maximum atomic E-state index is 11.8. The van der Waals surface area contributed by atoms with Crippen LogP contribution in [-0.4, -0.2) is 41.8 Å². The molecule has 2 aliphatic heterocycles. The Balaban J connectivity index is 1.88. The van der Waals surface area contributed by atoms with Crippen LogP contribution in [0.4, 0.5) is 4.79 Å². The van der Waals surface area contributed by atoms with E-state index in [2.05, 4.69) is 12.2 Å². The van der Waals surface area contributed by atoms with Gasteiger partial charge in [0.2, 0.25) is 0 Å². The van der Waals surface area contributed by atoms with Crippen LogP contribution >= 0.6 is 0 Å². The van der Waals surface area contributed by atoms with Gasteiger partial charge in [-0.3, -0.25) is 0 Å². The summed E-state index contributed by atoms with van der Waals surface area (Å²) >= 11 is 0. The van der Waals surface area contributed by atoms with Crippen molar-refractivity contribution >= 4 is 6.09 Å². The molecule has 0 spiro atoms. The standard InChI is InChI=1S/C12H22N2O2/c1-8-5-9-6-14(7-10(9)13-8)11(15)16-12(2,3)4/h8-10,13H,5-7H2,1-4H3/t8-,9+,10-/m0/s1. The summed E-state index contributed by atoms with van der Waals surface area (Å²) in [6.07, 6.45) is 1.00. The van der Waals surface area contributed by atoms with Gasteiger partial charge in [0.1, 0.15) is 5.60 Å². The summed E-state index contributed by atoms with van der Waals surface area (Å²) in [6, 6.07) is 1.07. The molecule has 16 heavy (non-hydrogen) atoms. The van der Waals surface area contributed by atoms with Crippen molar-refractivity contribution in [2.24, 2.45) is 5.92 Å². The molecule has 1 N–H and O–H groups in total. The zero-order chi connectivity index (χ0) is 11.9. The second kappa shape index (κ2) is 3.91. The summed E-state index contributed by atoms with van der Waals surface area (Å²) in [6.45, 7) is 9.56. The fraction of sp³-hybridized carbons (Fsp3) is 0.917. The molecule has 2 rings (SSSR count). The van der Waals surface area contributed by atoms with Gasteiger partial charge in [0.25, 0.3) is 0 Å². The Bertz CT molecular complexity index is 271. The minimum atomic E-state index is -0.393. The number of hydrogen-bond donors (Lipinski definition) is 1. The lowest BCUT2D eigenvalue weighted by atomic mass is 10.0. The quantitative estimate of drug-likeness (QED) is 0.682. The first kappa shape index (κ1) is 11.7. The third kappa shape index (κ3) is 2.48. The number of hydrogen-bond acceptors (Lipinski definition) is 3. The third-order valence-electron chi connectivity index (χ3n) is 3.25. The van der Waals surface area contributed by atoms with Crippen LogP contribution < -0.4 is 5.32 Å². The van der Waals surface area contributed by atoms with Crippen LogP contribution in [-0.2, 0) is 4.74 Å². The van der Waals surface area contributed by atoms with Crippen LogP contribution in [0, 0.1) is 5.92 Å². The number of ether oxygens (including phenoxy) is 1. The number of likely N-dealkylation sites (tertiary alicyclic amines) is 1. The van der Waals surface area contributed by atoms with E-state index < -0.39 is 5.60 Å². The lowest BCUT2D eigenvalue weighted by Gasteiger charge is -2.25. The van der Waals surface area contributed by atoms with Crippen LogP contribution in [0.5, 0.6) is 0 Å². The van der Waals surface area contributed by atoms with Gasteiger partial charge >= 0.3 is 6.09 Å². The highest BCUT2D eigenvalue weighted by Gasteiger charge is 2.41. The van der Waals surface area contributed by atoms with Crippen LogP contribution in [0.25, 0.3) is 0 Å². The highest BCUT2D eigenvalue weighted by Crippen LogP contribution is 2.28. The molecule has 1 amide bonds. The Kier molecular flexibility index (Phi) is 2.86. The number of fused-ring (bicyclic) bond motifs is 1. The van der Waals surface area contributed by atoms with E-state index in [1.54, 1.807) is 0 Å². The molecule has 3 atom stereocenters. The van der Waals surface area contributed by atoms with Crippen molar-refractivity contribution in [2.75, 3.05) is 13.1 Å². The molecule has 0 aromatic heterocycles. The normalized spacial score (nSPS) is 34.0. The van der Waals surface area contributed by atoms with Crippen LogP contribution in [0.15, 0.2) is 0 Å². The number of amides is 1. The van der Waals surface area contributed by atoms with Crippen molar-refractivity contribution in [3.8, 4) is 0 Å². The molecular weight excluding hydrogens is 204 g/mol. The van der Waals surface area contributed by atoms with E-state index in [0.29, 0.717) is 18.0 Å². The van der Waals surface area contributed by atoms with Gasteiger partial charge in [0, 0.05) is 25.2 Å². The van der Waals surface area contributed by atoms with Crippen molar-refractivity contribution in [3.63, 3.8) is 0 Å². The summed E-state index contributed by atoms with van der Waals surface area (Å²) in [4.78, 5) is 13.7. The Morgan fingerprint density at radius 2 is 2.06 bits per heavy atom. The Morgan fingerprint density at radius 1 is 1.38 bits per heavy atom. The van der Waals surface area contributed by atoms with Gasteiger partial charge in [-0.25, -0.2) is 4.79 Å². The average Bonchev–Trinajstić information content (AvgIpc) is 2.56.